The van der Waals surface area contributed by atoms with Crippen LogP contribution in [0.25, 0.3) is 22.0 Å². The van der Waals surface area contributed by atoms with Crippen molar-refractivity contribution in [2.45, 2.75) is 25.8 Å². The van der Waals surface area contributed by atoms with Crippen LogP contribution in [-0.4, -0.2) is 30.1 Å². The van der Waals surface area contributed by atoms with Crippen LogP contribution >= 0.6 is 0 Å². The van der Waals surface area contributed by atoms with Crippen molar-refractivity contribution in [3.63, 3.8) is 0 Å². The third-order valence-corrected chi connectivity index (χ3v) is 5.58. The summed E-state index contributed by atoms with van der Waals surface area (Å²) in [7, 11) is -3.35. The molecule has 4 aromatic rings. The van der Waals surface area contributed by atoms with Crippen molar-refractivity contribution in [2.24, 2.45) is 0 Å². The Labute approximate surface area is 168 Å². The first-order chi connectivity index (χ1) is 13.9. The van der Waals surface area contributed by atoms with Gasteiger partial charge in [0.15, 0.2) is 15.6 Å². The number of carbonyl (C=O) groups is 1. The number of rotatable bonds is 6. The van der Waals surface area contributed by atoms with Crippen molar-refractivity contribution in [3.05, 3.63) is 65.7 Å². The number of nitrogens with one attached hydrogen (secondary N) is 1. The Kier molecular flexibility index (Phi) is 4.87. The summed E-state index contributed by atoms with van der Waals surface area (Å²) in [5, 5.41) is 3.46. The zero-order valence-corrected chi connectivity index (χ0v) is 17.0. The molecule has 4 rings (SSSR count). The number of imidazole rings is 1. The van der Waals surface area contributed by atoms with E-state index in [1.807, 2.05) is 35.8 Å². The number of aromatic nitrogens is 2. The summed E-state index contributed by atoms with van der Waals surface area (Å²) < 4.78 is 31.5. The molecule has 2 aromatic carbocycles. The van der Waals surface area contributed by atoms with Crippen LogP contribution in [0.5, 0.6) is 0 Å². The first kappa shape index (κ1) is 19.2. The molecule has 2 heterocycles. The lowest BCUT2D eigenvalue weighted by Gasteiger charge is -2.08. The van der Waals surface area contributed by atoms with Crippen molar-refractivity contribution < 1.29 is 17.6 Å². The monoisotopic (exact) mass is 411 g/mol. The lowest BCUT2D eigenvalue weighted by molar-refractivity contribution is 0.0923. The van der Waals surface area contributed by atoms with Crippen LogP contribution in [0.3, 0.4) is 0 Å². The molecular weight excluding hydrogens is 390 g/mol. The largest absolute Gasteiger partial charge is 0.451 e. The third kappa shape index (κ3) is 3.75. The molecule has 0 aliphatic rings. The SMILES string of the molecule is CCn1c(CNC(=O)c2oc3ccccc3c2CS(C)(=O)=O)nc2ccccc21. The topological polar surface area (TPSA) is 94.2 Å². The van der Waals surface area contributed by atoms with E-state index in [1.165, 1.54) is 0 Å². The fourth-order valence-electron chi connectivity index (χ4n) is 3.54. The van der Waals surface area contributed by atoms with E-state index in [1.54, 1.807) is 24.3 Å². The van der Waals surface area contributed by atoms with Gasteiger partial charge in [-0.3, -0.25) is 4.79 Å². The average Bonchev–Trinajstić information content (AvgIpc) is 3.23. The van der Waals surface area contributed by atoms with Gasteiger partial charge >= 0.3 is 0 Å². The van der Waals surface area contributed by atoms with Gasteiger partial charge in [0.25, 0.3) is 5.91 Å². The second-order valence-electron chi connectivity index (χ2n) is 6.92. The Bertz CT molecular complexity index is 1320. The van der Waals surface area contributed by atoms with Gasteiger partial charge < -0.3 is 14.3 Å². The predicted octanol–water partition coefficient (Wildman–Crippen LogP) is 3.28. The molecule has 0 atom stereocenters. The van der Waals surface area contributed by atoms with Gasteiger partial charge in [-0.05, 0) is 25.1 Å². The van der Waals surface area contributed by atoms with Crippen LogP contribution in [0.4, 0.5) is 0 Å². The molecule has 0 fully saturated rings. The number of fused-ring (bicyclic) bond motifs is 2. The van der Waals surface area contributed by atoms with Crippen LogP contribution in [0, 0.1) is 0 Å². The van der Waals surface area contributed by atoms with Gasteiger partial charge in [0.1, 0.15) is 11.4 Å². The first-order valence-electron chi connectivity index (χ1n) is 9.28. The van der Waals surface area contributed by atoms with Gasteiger partial charge in [-0.2, -0.15) is 0 Å². The molecular formula is C21H21N3O4S. The van der Waals surface area contributed by atoms with E-state index >= 15 is 0 Å². The maximum Gasteiger partial charge on any atom is 0.287 e. The van der Waals surface area contributed by atoms with E-state index < -0.39 is 15.7 Å². The third-order valence-electron chi connectivity index (χ3n) is 4.77. The number of para-hydroxylation sites is 3. The van der Waals surface area contributed by atoms with E-state index in [9.17, 15) is 13.2 Å². The molecule has 0 saturated carbocycles. The van der Waals surface area contributed by atoms with E-state index in [-0.39, 0.29) is 18.1 Å². The van der Waals surface area contributed by atoms with Gasteiger partial charge in [-0.15, -0.1) is 0 Å². The number of carbonyl (C=O) groups excluding carboxylic acids is 1. The number of aryl methyl sites for hydroxylation is 1. The molecule has 0 aliphatic carbocycles. The molecule has 0 aliphatic heterocycles. The molecule has 0 saturated heterocycles. The minimum Gasteiger partial charge on any atom is -0.451 e. The highest BCUT2D eigenvalue weighted by Gasteiger charge is 2.23. The number of furan rings is 1. The van der Waals surface area contributed by atoms with Crippen LogP contribution in [0.2, 0.25) is 0 Å². The predicted molar refractivity (Wildman–Crippen MR) is 111 cm³/mol. The van der Waals surface area contributed by atoms with Crippen molar-refractivity contribution >= 4 is 37.7 Å². The summed E-state index contributed by atoms with van der Waals surface area (Å²) in [6.45, 7) is 2.94. The van der Waals surface area contributed by atoms with Gasteiger partial charge in [-0.1, -0.05) is 30.3 Å². The van der Waals surface area contributed by atoms with Crippen LogP contribution in [0.1, 0.15) is 28.9 Å². The van der Waals surface area contributed by atoms with Crippen LogP contribution in [-0.2, 0) is 28.7 Å². The van der Waals surface area contributed by atoms with Crippen LogP contribution < -0.4 is 5.32 Å². The molecule has 1 amide bonds. The Balaban J connectivity index is 1.66. The Morgan fingerprint density at radius 1 is 1.14 bits per heavy atom. The second kappa shape index (κ2) is 7.36. The lowest BCUT2D eigenvalue weighted by Crippen LogP contribution is -2.25. The number of nitrogens with zero attached hydrogens (tertiary/aromatic N) is 2. The first-order valence-corrected chi connectivity index (χ1v) is 11.3. The van der Waals surface area contributed by atoms with E-state index in [4.69, 9.17) is 4.42 Å². The quantitative estimate of drug-likeness (QED) is 0.525. The van der Waals surface area contributed by atoms with E-state index in [2.05, 4.69) is 10.3 Å². The minimum atomic E-state index is -3.35. The van der Waals surface area contributed by atoms with Crippen molar-refractivity contribution in [1.82, 2.24) is 14.9 Å². The molecule has 150 valence electrons. The Hall–Kier alpha value is -3.13. The summed E-state index contributed by atoms with van der Waals surface area (Å²) >= 11 is 0. The fraction of sp³-hybridized carbons (Fsp3) is 0.238. The zero-order chi connectivity index (χ0) is 20.6. The molecule has 2 aromatic heterocycles. The number of amides is 1. The van der Waals surface area contributed by atoms with Crippen LogP contribution in [0.15, 0.2) is 52.9 Å². The molecule has 0 spiro atoms. The van der Waals surface area contributed by atoms with Crippen molar-refractivity contribution in [3.8, 4) is 0 Å². The Morgan fingerprint density at radius 2 is 1.86 bits per heavy atom. The number of sulfone groups is 1. The molecule has 0 bridgehead atoms. The normalized spacial score (nSPS) is 11.9. The van der Waals surface area contributed by atoms with Crippen molar-refractivity contribution in [1.29, 1.82) is 0 Å². The van der Waals surface area contributed by atoms with Gasteiger partial charge in [0, 0.05) is 23.8 Å². The molecule has 0 radical (unpaired) electrons. The smallest absolute Gasteiger partial charge is 0.287 e. The summed E-state index contributed by atoms with van der Waals surface area (Å²) in [5.74, 6) is 0.0217. The highest BCUT2D eigenvalue weighted by Crippen LogP contribution is 2.27. The maximum atomic E-state index is 12.9. The van der Waals surface area contributed by atoms with Crippen molar-refractivity contribution in [2.75, 3.05) is 6.26 Å². The highest BCUT2D eigenvalue weighted by atomic mass is 32.2. The second-order valence-corrected chi connectivity index (χ2v) is 9.06. The molecule has 8 heteroatoms. The number of benzene rings is 2. The van der Waals surface area contributed by atoms with E-state index in [0.29, 0.717) is 16.5 Å². The summed E-state index contributed by atoms with van der Waals surface area (Å²) in [6.07, 6.45) is 1.14. The summed E-state index contributed by atoms with van der Waals surface area (Å²) in [6, 6.07) is 14.8. The maximum absolute atomic E-state index is 12.9. The molecule has 1 N–H and O–H groups in total. The minimum absolute atomic E-state index is 0.0239. The van der Waals surface area contributed by atoms with Gasteiger partial charge in [0.2, 0.25) is 0 Å². The Morgan fingerprint density at radius 3 is 2.62 bits per heavy atom. The number of hydrogen-bond donors (Lipinski definition) is 1. The highest BCUT2D eigenvalue weighted by molar-refractivity contribution is 7.89. The molecule has 29 heavy (non-hydrogen) atoms. The zero-order valence-electron chi connectivity index (χ0n) is 16.2. The lowest BCUT2D eigenvalue weighted by atomic mass is 10.1. The fourth-order valence-corrected chi connectivity index (χ4v) is 4.35. The molecule has 0 unspecified atom stereocenters. The standard InChI is InChI=1S/C21H21N3O4S/c1-3-24-17-10-6-5-9-16(17)23-19(24)12-22-21(25)20-15(13-29(2,26)27)14-8-4-7-11-18(14)28-20/h4-11H,3,12-13H2,1-2H3,(H,22,25). The van der Waals surface area contributed by atoms with E-state index in [0.717, 1.165) is 29.7 Å². The summed E-state index contributed by atoms with van der Waals surface area (Å²) in [5.41, 5.74) is 2.72. The van der Waals surface area contributed by atoms with Gasteiger partial charge in [0.05, 0.1) is 23.3 Å². The summed E-state index contributed by atoms with van der Waals surface area (Å²) in [4.78, 5) is 17.5. The number of hydrogen-bond acceptors (Lipinski definition) is 5. The van der Waals surface area contributed by atoms with Gasteiger partial charge in [-0.25, -0.2) is 13.4 Å². The molecule has 7 nitrogen and oxygen atoms in total. The average molecular weight is 411 g/mol.